The third-order valence-corrected chi connectivity index (χ3v) is 2.29. The summed E-state index contributed by atoms with van der Waals surface area (Å²) in [5.74, 6) is 0.680. The Bertz CT molecular complexity index is 366. The Hall–Kier alpha value is -1.85. The summed E-state index contributed by atoms with van der Waals surface area (Å²) in [5, 5.41) is 19.5. The zero-order valence-electron chi connectivity index (χ0n) is 9.59. The van der Waals surface area contributed by atoms with Crippen LogP contribution < -0.4 is 10.6 Å². The Kier molecular flexibility index (Phi) is 4.50. The van der Waals surface area contributed by atoms with Crippen LogP contribution >= 0.6 is 0 Å². The fourth-order valence-electron chi connectivity index (χ4n) is 1.36. The number of unbranched alkanes of at least 4 members (excludes halogenated alkanes) is 1. The summed E-state index contributed by atoms with van der Waals surface area (Å²) in [7, 11) is 1.91. The zero-order chi connectivity index (χ0) is 12.0. The molecule has 1 rings (SSSR count). The van der Waals surface area contributed by atoms with E-state index in [1.165, 1.54) is 6.20 Å². The van der Waals surface area contributed by atoms with Gasteiger partial charge in [-0.1, -0.05) is 18.5 Å². The Morgan fingerprint density at radius 1 is 1.62 bits per heavy atom. The summed E-state index contributed by atoms with van der Waals surface area (Å²) in [5.41, 5.74) is 6.16. The molecule has 0 radical (unpaired) electrons. The third-order valence-electron chi connectivity index (χ3n) is 2.29. The third kappa shape index (κ3) is 2.82. The lowest BCUT2D eigenvalue weighted by atomic mass is 10.2. The van der Waals surface area contributed by atoms with Gasteiger partial charge in [-0.3, -0.25) is 0 Å². The number of amidine groups is 1. The quantitative estimate of drug-likeness (QED) is 0.334. The van der Waals surface area contributed by atoms with E-state index in [9.17, 15) is 0 Å². The summed E-state index contributed by atoms with van der Waals surface area (Å²) in [6.45, 7) is 2.98. The molecule has 0 bridgehead atoms. The van der Waals surface area contributed by atoms with Gasteiger partial charge in [0.2, 0.25) is 0 Å². The molecule has 0 spiro atoms. The number of oxime groups is 1. The maximum absolute atomic E-state index is 8.67. The van der Waals surface area contributed by atoms with Crippen molar-refractivity contribution in [1.82, 2.24) is 10.2 Å². The van der Waals surface area contributed by atoms with Crippen molar-refractivity contribution in [3.63, 3.8) is 0 Å². The van der Waals surface area contributed by atoms with Crippen molar-refractivity contribution in [2.24, 2.45) is 10.9 Å². The fraction of sp³-hybridized carbons (Fsp3) is 0.500. The van der Waals surface area contributed by atoms with E-state index in [0.29, 0.717) is 11.4 Å². The van der Waals surface area contributed by atoms with E-state index in [1.54, 1.807) is 6.07 Å². The van der Waals surface area contributed by atoms with Gasteiger partial charge in [0.1, 0.15) is 0 Å². The van der Waals surface area contributed by atoms with Crippen LogP contribution in [0.4, 0.5) is 5.82 Å². The molecule has 88 valence electrons. The highest BCUT2D eigenvalue weighted by molar-refractivity contribution is 6.01. The van der Waals surface area contributed by atoms with Gasteiger partial charge in [-0.2, -0.15) is 5.10 Å². The van der Waals surface area contributed by atoms with E-state index in [0.717, 1.165) is 19.4 Å². The molecule has 6 nitrogen and oxygen atoms in total. The number of aromatic nitrogens is 2. The molecule has 0 saturated heterocycles. The second kappa shape index (κ2) is 5.89. The van der Waals surface area contributed by atoms with Crippen LogP contribution in [0.3, 0.4) is 0 Å². The second-order valence-corrected chi connectivity index (χ2v) is 3.53. The second-order valence-electron chi connectivity index (χ2n) is 3.53. The van der Waals surface area contributed by atoms with Gasteiger partial charge in [-0.25, -0.2) is 0 Å². The van der Waals surface area contributed by atoms with Crippen molar-refractivity contribution in [2.75, 3.05) is 18.5 Å². The average molecular weight is 223 g/mol. The van der Waals surface area contributed by atoms with Gasteiger partial charge >= 0.3 is 0 Å². The lowest BCUT2D eigenvalue weighted by Gasteiger charge is -2.19. The van der Waals surface area contributed by atoms with Crippen LogP contribution in [0.15, 0.2) is 17.4 Å². The maximum Gasteiger partial charge on any atom is 0.173 e. The average Bonchev–Trinajstić information content (AvgIpc) is 2.35. The molecule has 0 atom stereocenters. The first kappa shape index (κ1) is 12.2. The minimum absolute atomic E-state index is 0.0493. The summed E-state index contributed by atoms with van der Waals surface area (Å²) in [6.07, 6.45) is 3.68. The molecule has 0 aliphatic carbocycles. The predicted octanol–water partition coefficient (Wildman–Crippen LogP) is 0.807. The minimum Gasteiger partial charge on any atom is -0.409 e. The molecular formula is C10H17N5O. The Morgan fingerprint density at radius 2 is 2.38 bits per heavy atom. The first-order valence-electron chi connectivity index (χ1n) is 5.21. The van der Waals surface area contributed by atoms with Crippen molar-refractivity contribution in [1.29, 1.82) is 0 Å². The Balaban J connectivity index is 2.94. The van der Waals surface area contributed by atoms with Crippen LogP contribution in [-0.2, 0) is 0 Å². The summed E-state index contributed by atoms with van der Waals surface area (Å²) < 4.78 is 0. The van der Waals surface area contributed by atoms with E-state index in [-0.39, 0.29) is 5.84 Å². The van der Waals surface area contributed by atoms with Crippen molar-refractivity contribution in [3.05, 3.63) is 17.8 Å². The molecule has 6 heteroatoms. The van der Waals surface area contributed by atoms with Crippen LogP contribution in [0.1, 0.15) is 25.3 Å². The number of nitrogens with two attached hydrogens (primary N) is 1. The predicted molar refractivity (Wildman–Crippen MR) is 62.7 cm³/mol. The van der Waals surface area contributed by atoms with Gasteiger partial charge in [0.25, 0.3) is 0 Å². The molecule has 1 aromatic rings. The number of hydrogen-bond donors (Lipinski definition) is 2. The standard InChI is InChI=1S/C10H17N5O/c1-3-4-7-15(2)10-8(9(11)14-16)5-6-12-13-10/h5-6,16H,3-4,7H2,1-2H3,(H2,11,14). The zero-order valence-corrected chi connectivity index (χ0v) is 9.59. The summed E-state index contributed by atoms with van der Waals surface area (Å²) in [6, 6.07) is 1.68. The van der Waals surface area contributed by atoms with Crippen LogP contribution in [0, 0.1) is 0 Å². The molecular weight excluding hydrogens is 206 g/mol. The van der Waals surface area contributed by atoms with Crippen molar-refractivity contribution in [3.8, 4) is 0 Å². The monoisotopic (exact) mass is 223 g/mol. The highest BCUT2D eigenvalue weighted by atomic mass is 16.4. The van der Waals surface area contributed by atoms with Gasteiger partial charge < -0.3 is 15.8 Å². The molecule has 0 unspecified atom stereocenters. The van der Waals surface area contributed by atoms with Crippen LogP contribution in [0.5, 0.6) is 0 Å². The highest BCUT2D eigenvalue weighted by Gasteiger charge is 2.12. The van der Waals surface area contributed by atoms with E-state index < -0.39 is 0 Å². The molecule has 0 aliphatic heterocycles. The molecule has 3 N–H and O–H groups in total. The van der Waals surface area contributed by atoms with Gasteiger partial charge in [0, 0.05) is 13.6 Å². The van der Waals surface area contributed by atoms with E-state index in [4.69, 9.17) is 10.9 Å². The maximum atomic E-state index is 8.67. The van der Waals surface area contributed by atoms with Gasteiger partial charge in [0.15, 0.2) is 11.7 Å². The molecule has 0 saturated carbocycles. The Morgan fingerprint density at radius 3 is 3.00 bits per heavy atom. The highest BCUT2D eigenvalue weighted by Crippen LogP contribution is 2.14. The normalized spacial score (nSPS) is 11.5. The lowest BCUT2D eigenvalue weighted by Crippen LogP contribution is -2.25. The lowest BCUT2D eigenvalue weighted by molar-refractivity contribution is 0.318. The van der Waals surface area contributed by atoms with Crippen LogP contribution in [0.25, 0.3) is 0 Å². The first-order valence-corrected chi connectivity index (χ1v) is 5.21. The number of rotatable bonds is 5. The van der Waals surface area contributed by atoms with Crippen LogP contribution in [0.2, 0.25) is 0 Å². The number of anilines is 1. The van der Waals surface area contributed by atoms with Crippen molar-refractivity contribution >= 4 is 11.7 Å². The molecule has 0 aliphatic rings. The molecule has 1 heterocycles. The van der Waals surface area contributed by atoms with Gasteiger partial charge in [-0.15, -0.1) is 5.10 Å². The van der Waals surface area contributed by atoms with E-state index in [1.807, 2.05) is 11.9 Å². The summed E-state index contributed by atoms with van der Waals surface area (Å²) in [4.78, 5) is 1.95. The van der Waals surface area contributed by atoms with Gasteiger partial charge in [-0.05, 0) is 12.5 Å². The fourth-order valence-corrected chi connectivity index (χ4v) is 1.36. The largest absolute Gasteiger partial charge is 0.409 e. The number of nitrogens with zero attached hydrogens (tertiary/aromatic N) is 4. The minimum atomic E-state index is 0.0493. The molecule has 0 amide bonds. The number of hydrogen-bond acceptors (Lipinski definition) is 5. The van der Waals surface area contributed by atoms with Crippen molar-refractivity contribution in [2.45, 2.75) is 19.8 Å². The molecule has 16 heavy (non-hydrogen) atoms. The van der Waals surface area contributed by atoms with Crippen molar-refractivity contribution < 1.29 is 5.21 Å². The first-order chi connectivity index (χ1) is 7.70. The topological polar surface area (TPSA) is 87.6 Å². The van der Waals surface area contributed by atoms with E-state index in [2.05, 4.69) is 22.3 Å². The molecule has 1 aromatic heterocycles. The SMILES string of the molecule is CCCCN(C)c1nnccc1/C(N)=N/O. The van der Waals surface area contributed by atoms with E-state index >= 15 is 0 Å². The Labute approximate surface area is 94.8 Å². The van der Waals surface area contributed by atoms with Gasteiger partial charge in [0.05, 0.1) is 11.8 Å². The molecule has 0 aromatic carbocycles. The summed E-state index contributed by atoms with van der Waals surface area (Å²) >= 11 is 0. The molecule has 0 fully saturated rings. The van der Waals surface area contributed by atoms with Crippen LogP contribution in [-0.4, -0.2) is 34.8 Å². The smallest absolute Gasteiger partial charge is 0.173 e.